The van der Waals surface area contributed by atoms with Gasteiger partial charge in [0.2, 0.25) is 0 Å². The fraction of sp³-hybridized carbons (Fsp3) is 0.286. The first-order valence-corrected chi connectivity index (χ1v) is 11.8. The summed E-state index contributed by atoms with van der Waals surface area (Å²) in [5, 5.41) is 6.60. The zero-order chi connectivity index (χ0) is 23.4. The first kappa shape index (κ1) is 22.6. The number of hydrogen-bond donors (Lipinski definition) is 2. The summed E-state index contributed by atoms with van der Waals surface area (Å²) in [5.74, 6) is -0.247. The number of anilines is 2. The van der Waals surface area contributed by atoms with Crippen LogP contribution in [0.3, 0.4) is 0 Å². The van der Waals surface area contributed by atoms with E-state index in [1.165, 1.54) is 5.56 Å². The molecule has 33 heavy (non-hydrogen) atoms. The van der Waals surface area contributed by atoms with Crippen molar-refractivity contribution in [2.75, 3.05) is 17.2 Å². The van der Waals surface area contributed by atoms with Crippen molar-refractivity contribution in [2.45, 2.75) is 46.2 Å². The number of para-hydroxylation sites is 2. The van der Waals surface area contributed by atoms with Gasteiger partial charge in [-0.05, 0) is 54.7 Å². The number of hydrogen-bond acceptors (Lipinski definition) is 3. The second-order valence-electron chi connectivity index (χ2n) is 8.32. The van der Waals surface area contributed by atoms with Gasteiger partial charge in [0.15, 0.2) is 0 Å². The van der Waals surface area contributed by atoms with E-state index in [0.29, 0.717) is 17.7 Å². The molecule has 4 rings (SSSR count). The summed E-state index contributed by atoms with van der Waals surface area (Å²) in [5.41, 5.74) is 6.11. The predicted octanol–water partition coefficient (Wildman–Crippen LogP) is 6.04. The molecule has 0 aliphatic carbocycles. The zero-order valence-corrected chi connectivity index (χ0v) is 19.5. The fourth-order valence-corrected chi connectivity index (χ4v) is 4.45. The van der Waals surface area contributed by atoms with Crippen molar-refractivity contribution in [3.8, 4) is 0 Å². The Morgan fingerprint density at radius 1 is 0.879 bits per heavy atom. The van der Waals surface area contributed by atoms with Crippen molar-refractivity contribution in [2.24, 2.45) is 0 Å². The van der Waals surface area contributed by atoms with Crippen LogP contribution in [0.1, 0.15) is 70.8 Å². The molecule has 1 heterocycles. The molecule has 0 aromatic heterocycles. The van der Waals surface area contributed by atoms with Gasteiger partial charge in [-0.1, -0.05) is 63.2 Å². The molecule has 2 N–H and O–H groups in total. The lowest BCUT2D eigenvalue weighted by Gasteiger charge is -2.27. The monoisotopic (exact) mass is 441 g/mol. The zero-order valence-electron chi connectivity index (χ0n) is 19.5. The summed E-state index contributed by atoms with van der Waals surface area (Å²) in [6.07, 6.45) is 2.34. The molecule has 0 radical (unpaired) electrons. The minimum Gasteiger partial charge on any atom is -0.361 e. The van der Waals surface area contributed by atoms with E-state index in [-0.39, 0.29) is 18.0 Å². The van der Waals surface area contributed by atoms with Crippen molar-refractivity contribution in [1.29, 1.82) is 0 Å². The molecule has 0 saturated heterocycles. The second kappa shape index (κ2) is 9.90. The van der Waals surface area contributed by atoms with Gasteiger partial charge in [-0.2, -0.15) is 0 Å². The maximum atomic E-state index is 13.3. The third-order valence-corrected chi connectivity index (χ3v) is 6.21. The van der Waals surface area contributed by atoms with Gasteiger partial charge in [0.1, 0.15) is 6.17 Å². The number of aryl methyl sites for hydroxylation is 2. The Kier molecular flexibility index (Phi) is 6.78. The van der Waals surface area contributed by atoms with E-state index in [9.17, 15) is 9.59 Å². The molecule has 1 atom stereocenters. The van der Waals surface area contributed by atoms with E-state index in [1.807, 2.05) is 53.4 Å². The molecular formula is C28H31N3O2. The Hall–Kier alpha value is -3.60. The number of nitrogens with zero attached hydrogens (tertiary/aromatic N) is 1. The van der Waals surface area contributed by atoms with Gasteiger partial charge in [-0.3, -0.25) is 9.59 Å². The number of nitrogens with one attached hydrogen (secondary N) is 2. The Morgan fingerprint density at radius 3 is 2.18 bits per heavy atom. The minimum absolute atomic E-state index is 0.0399. The molecule has 1 aliphatic heterocycles. The highest BCUT2D eigenvalue weighted by Gasteiger charge is 2.37. The SMILES string of the molecule is CCCN1C(=O)c2cc(C(=O)Nc3ccccc3CC)ccc2C1Nc1ccccc1CC. The number of fused-ring (bicyclic) bond motifs is 1. The van der Waals surface area contributed by atoms with Crippen LogP contribution in [-0.4, -0.2) is 23.3 Å². The average molecular weight is 442 g/mol. The van der Waals surface area contributed by atoms with Gasteiger partial charge < -0.3 is 15.5 Å². The van der Waals surface area contributed by atoms with Gasteiger partial charge in [0, 0.05) is 34.6 Å². The van der Waals surface area contributed by atoms with E-state index in [1.54, 1.807) is 6.07 Å². The van der Waals surface area contributed by atoms with E-state index < -0.39 is 0 Å². The van der Waals surface area contributed by atoms with Crippen LogP contribution in [-0.2, 0) is 12.8 Å². The summed E-state index contributed by atoms with van der Waals surface area (Å²) < 4.78 is 0. The summed E-state index contributed by atoms with van der Waals surface area (Å²) in [6, 6.07) is 21.4. The second-order valence-corrected chi connectivity index (χ2v) is 8.32. The summed E-state index contributed by atoms with van der Waals surface area (Å²) >= 11 is 0. The van der Waals surface area contributed by atoms with E-state index in [2.05, 4.69) is 43.5 Å². The van der Waals surface area contributed by atoms with E-state index >= 15 is 0 Å². The van der Waals surface area contributed by atoms with E-state index in [4.69, 9.17) is 0 Å². The molecule has 2 amide bonds. The fourth-order valence-electron chi connectivity index (χ4n) is 4.45. The molecule has 0 bridgehead atoms. The van der Waals surface area contributed by atoms with Crippen LogP contribution in [0.5, 0.6) is 0 Å². The minimum atomic E-state index is -0.252. The van der Waals surface area contributed by atoms with Crippen molar-refractivity contribution in [3.63, 3.8) is 0 Å². The molecule has 5 heteroatoms. The molecule has 0 fully saturated rings. The number of carbonyl (C=O) groups excluding carboxylic acids is 2. The Labute approximate surface area is 195 Å². The topological polar surface area (TPSA) is 61.4 Å². The number of carbonyl (C=O) groups is 2. The first-order valence-electron chi connectivity index (χ1n) is 11.8. The Morgan fingerprint density at radius 2 is 1.52 bits per heavy atom. The molecule has 1 aliphatic rings. The van der Waals surface area contributed by atoms with Gasteiger partial charge >= 0.3 is 0 Å². The molecule has 170 valence electrons. The summed E-state index contributed by atoms with van der Waals surface area (Å²) in [7, 11) is 0. The average Bonchev–Trinajstić information content (AvgIpc) is 3.10. The molecular weight excluding hydrogens is 410 g/mol. The lowest BCUT2D eigenvalue weighted by atomic mass is 10.0. The van der Waals surface area contributed by atoms with Gasteiger partial charge in [-0.25, -0.2) is 0 Å². The standard InChI is InChI=1S/C28H31N3O2/c1-4-17-31-26(29-24-13-9-7-11-19(24)5-2)22-16-15-21(18-23(22)28(31)33)27(32)30-25-14-10-8-12-20(25)6-3/h7-16,18,26,29H,4-6,17H2,1-3H3,(H,30,32). The molecule has 5 nitrogen and oxygen atoms in total. The largest absolute Gasteiger partial charge is 0.361 e. The Bertz CT molecular complexity index is 1170. The number of rotatable bonds is 8. The van der Waals surface area contributed by atoms with Crippen LogP contribution in [0.25, 0.3) is 0 Å². The highest BCUT2D eigenvalue weighted by atomic mass is 16.2. The normalized spacial score (nSPS) is 14.8. The van der Waals surface area contributed by atoms with Crippen molar-refractivity contribution in [1.82, 2.24) is 4.90 Å². The predicted molar refractivity (Wildman–Crippen MR) is 134 cm³/mol. The quantitative estimate of drug-likeness (QED) is 0.448. The molecule has 3 aromatic rings. The van der Waals surface area contributed by atoms with Gasteiger partial charge in [-0.15, -0.1) is 0 Å². The first-order chi connectivity index (χ1) is 16.1. The van der Waals surface area contributed by atoms with Crippen LogP contribution >= 0.6 is 0 Å². The highest BCUT2D eigenvalue weighted by molar-refractivity contribution is 6.07. The van der Waals surface area contributed by atoms with Gasteiger partial charge in [0.05, 0.1) is 0 Å². The number of benzene rings is 3. The van der Waals surface area contributed by atoms with E-state index in [0.717, 1.165) is 41.8 Å². The maximum absolute atomic E-state index is 13.3. The number of amides is 2. The van der Waals surface area contributed by atoms with Crippen LogP contribution < -0.4 is 10.6 Å². The third-order valence-electron chi connectivity index (χ3n) is 6.21. The molecule has 1 unspecified atom stereocenters. The van der Waals surface area contributed by atoms with Crippen LogP contribution in [0.2, 0.25) is 0 Å². The maximum Gasteiger partial charge on any atom is 0.256 e. The van der Waals surface area contributed by atoms with Crippen LogP contribution in [0.15, 0.2) is 66.7 Å². The lowest BCUT2D eigenvalue weighted by molar-refractivity contribution is 0.0743. The molecule has 3 aromatic carbocycles. The van der Waals surface area contributed by atoms with Crippen molar-refractivity contribution < 1.29 is 9.59 Å². The molecule has 0 saturated carbocycles. The van der Waals surface area contributed by atoms with Crippen LogP contribution in [0, 0.1) is 0 Å². The van der Waals surface area contributed by atoms with Gasteiger partial charge in [0.25, 0.3) is 11.8 Å². The Balaban J connectivity index is 1.64. The molecule has 0 spiro atoms. The van der Waals surface area contributed by atoms with Crippen molar-refractivity contribution >= 4 is 23.2 Å². The highest BCUT2D eigenvalue weighted by Crippen LogP contribution is 2.36. The van der Waals surface area contributed by atoms with Crippen molar-refractivity contribution in [3.05, 3.63) is 94.5 Å². The summed E-state index contributed by atoms with van der Waals surface area (Å²) in [4.78, 5) is 28.2. The lowest BCUT2D eigenvalue weighted by Crippen LogP contribution is -2.33. The third kappa shape index (κ3) is 4.49. The smallest absolute Gasteiger partial charge is 0.256 e. The van der Waals surface area contributed by atoms with Crippen LogP contribution in [0.4, 0.5) is 11.4 Å². The summed E-state index contributed by atoms with van der Waals surface area (Å²) in [6.45, 7) is 6.90.